The predicted molar refractivity (Wildman–Crippen MR) is 83.9 cm³/mol. The molecule has 2 aromatic carbocycles. The lowest BCUT2D eigenvalue weighted by Crippen LogP contribution is -2.12. The van der Waals surface area contributed by atoms with Gasteiger partial charge in [-0.2, -0.15) is 0 Å². The van der Waals surface area contributed by atoms with Crippen LogP contribution in [0, 0.1) is 5.82 Å². The molecule has 0 aromatic heterocycles. The second kappa shape index (κ2) is 6.72. The summed E-state index contributed by atoms with van der Waals surface area (Å²) in [4.78, 5) is 11.7. The fourth-order valence-electron chi connectivity index (χ4n) is 2.01. The van der Waals surface area contributed by atoms with E-state index in [2.05, 4.69) is 26.0 Å². The Morgan fingerprint density at radius 2 is 2.05 bits per heavy atom. The molecule has 1 unspecified atom stereocenters. The maximum absolute atomic E-state index is 13.3. The normalized spacial score (nSPS) is 11.8. The summed E-state index contributed by atoms with van der Waals surface area (Å²) in [6.45, 7) is 1.96. The number of methoxy groups -OCH3 is 1. The highest BCUT2D eigenvalue weighted by molar-refractivity contribution is 9.10. The van der Waals surface area contributed by atoms with Crippen LogP contribution in [-0.2, 0) is 4.74 Å². The molecule has 1 atom stereocenters. The fraction of sp³-hybridized carbons (Fsp3) is 0.188. The van der Waals surface area contributed by atoms with Crippen LogP contribution < -0.4 is 5.32 Å². The van der Waals surface area contributed by atoms with Crippen molar-refractivity contribution >= 4 is 27.6 Å². The Hall–Kier alpha value is -1.88. The van der Waals surface area contributed by atoms with Crippen molar-refractivity contribution in [2.45, 2.75) is 13.0 Å². The van der Waals surface area contributed by atoms with E-state index in [4.69, 9.17) is 0 Å². The van der Waals surface area contributed by atoms with Gasteiger partial charge in [-0.25, -0.2) is 9.18 Å². The van der Waals surface area contributed by atoms with Gasteiger partial charge in [0.2, 0.25) is 0 Å². The van der Waals surface area contributed by atoms with E-state index in [1.54, 1.807) is 0 Å². The van der Waals surface area contributed by atoms with Crippen molar-refractivity contribution in [3.63, 3.8) is 0 Å². The minimum absolute atomic E-state index is 0.0450. The monoisotopic (exact) mass is 351 g/mol. The molecular weight excluding hydrogens is 337 g/mol. The molecule has 0 aliphatic rings. The van der Waals surface area contributed by atoms with Crippen molar-refractivity contribution in [3.05, 3.63) is 63.9 Å². The molecule has 2 aromatic rings. The van der Waals surface area contributed by atoms with E-state index in [9.17, 15) is 9.18 Å². The van der Waals surface area contributed by atoms with Gasteiger partial charge < -0.3 is 10.1 Å². The number of carbonyl (C=O) groups is 1. The van der Waals surface area contributed by atoms with Crippen LogP contribution in [0.3, 0.4) is 0 Å². The van der Waals surface area contributed by atoms with Crippen molar-refractivity contribution in [1.29, 1.82) is 0 Å². The number of nitrogens with one attached hydrogen (secondary N) is 1. The Bertz CT molecular complexity index is 660. The fourth-order valence-corrected chi connectivity index (χ4v) is 2.43. The molecule has 0 amide bonds. The first kappa shape index (κ1) is 15.5. The van der Waals surface area contributed by atoms with Crippen LogP contribution in [0.4, 0.5) is 10.1 Å². The van der Waals surface area contributed by atoms with E-state index in [0.29, 0.717) is 5.69 Å². The first-order chi connectivity index (χ1) is 10.0. The molecule has 0 radical (unpaired) electrons. The van der Waals surface area contributed by atoms with Crippen LogP contribution >= 0.6 is 15.9 Å². The third-order valence-corrected chi connectivity index (χ3v) is 3.60. The number of halogens is 2. The van der Waals surface area contributed by atoms with Gasteiger partial charge in [-0.1, -0.05) is 28.1 Å². The third-order valence-electron chi connectivity index (χ3n) is 3.11. The van der Waals surface area contributed by atoms with E-state index in [1.807, 2.05) is 31.2 Å². The van der Waals surface area contributed by atoms with Crippen LogP contribution in [0.15, 0.2) is 46.9 Å². The Balaban J connectivity index is 2.28. The summed E-state index contributed by atoms with van der Waals surface area (Å²) in [5.74, 6) is -1.05. The van der Waals surface area contributed by atoms with Crippen LogP contribution in [0.5, 0.6) is 0 Å². The number of carbonyl (C=O) groups excluding carboxylic acids is 1. The van der Waals surface area contributed by atoms with E-state index in [0.717, 1.165) is 10.0 Å². The second-order valence-corrected chi connectivity index (χ2v) is 5.52. The Kier molecular flexibility index (Phi) is 4.96. The minimum atomic E-state index is -0.571. The highest BCUT2D eigenvalue weighted by Crippen LogP contribution is 2.25. The van der Waals surface area contributed by atoms with Crippen LogP contribution in [0.2, 0.25) is 0 Å². The number of hydrogen-bond acceptors (Lipinski definition) is 3. The van der Waals surface area contributed by atoms with Crippen molar-refractivity contribution in [1.82, 2.24) is 0 Å². The lowest BCUT2D eigenvalue weighted by atomic mass is 10.1. The van der Waals surface area contributed by atoms with Crippen LogP contribution in [-0.4, -0.2) is 13.1 Å². The predicted octanol–water partition coefficient (Wildman–Crippen LogP) is 4.55. The largest absolute Gasteiger partial charge is 0.465 e. The number of hydrogen-bond donors (Lipinski definition) is 1. The molecule has 0 saturated carbocycles. The van der Waals surface area contributed by atoms with Gasteiger partial charge in [0, 0.05) is 16.2 Å². The minimum Gasteiger partial charge on any atom is -0.465 e. The van der Waals surface area contributed by atoms with Gasteiger partial charge in [-0.05, 0) is 42.8 Å². The molecule has 0 saturated heterocycles. The molecule has 0 heterocycles. The average Bonchev–Trinajstić information content (AvgIpc) is 2.48. The summed E-state index contributed by atoms with van der Waals surface area (Å²) < 4.78 is 19.0. The number of anilines is 1. The molecule has 2 rings (SSSR count). The topological polar surface area (TPSA) is 38.3 Å². The number of benzene rings is 2. The van der Waals surface area contributed by atoms with E-state index < -0.39 is 11.8 Å². The summed E-state index contributed by atoms with van der Waals surface area (Å²) in [5.41, 5.74) is 1.76. The number of ether oxygens (including phenoxy) is 1. The second-order valence-electron chi connectivity index (χ2n) is 4.60. The zero-order valence-corrected chi connectivity index (χ0v) is 13.3. The standard InChI is InChI=1S/C16H15BrFNO2/c1-10(11-4-3-5-12(17)8-11)19-15-7-6-13(18)9-14(15)16(20)21-2/h3-10,19H,1-2H3. The van der Waals surface area contributed by atoms with Crippen molar-refractivity contribution in [2.24, 2.45) is 0 Å². The summed E-state index contributed by atoms with van der Waals surface area (Å²) >= 11 is 3.42. The van der Waals surface area contributed by atoms with Crippen molar-refractivity contribution < 1.29 is 13.9 Å². The quantitative estimate of drug-likeness (QED) is 0.821. The molecule has 110 valence electrons. The van der Waals surface area contributed by atoms with Crippen molar-refractivity contribution in [3.8, 4) is 0 Å². The highest BCUT2D eigenvalue weighted by atomic mass is 79.9. The van der Waals surface area contributed by atoms with Crippen LogP contribution in [0.1, 0.15) is 28.9 Å². The average molecular weight is 352 g/mol. The first-order valence-corrected chi connectivity index (χ1v) is 7.20. The Morgan fingerprint density at radius 1 is 1.29 bits per heavy atom. The van der Waals surface area contributed by atoms with Crippen molar-refractivity contribution in [2.75, 3.05) is 12.4 Å². The number of esters is 1. The molecule has 3 nitrogen and oxygen atoms in total. The summed E-state index contributed by atoms with van der Waals surface area (Å²) in [6, 6.07) is 11.8. The summed E-state index contributed by atoms with van der Waals surface area (Å²) in [6.07, 6.45) is 0. The van der Waals surface area contributed by atoms with Gasteiger partial charge in [0.1, 0.15) is 5.82 Å². The molecule has 5 heteroatoms. The zero-order valence-electron chi connectivity index (χ0n) is 11.7. The molecule has 0 fully saturated rings. The van der Waals surface area contributed by atoms with Gasteiger partial charge >= 0.3 is 5.97 Å². The molecular formula is C16H15BrFNO2. The molecule has 0 spiro atoms. The SMILES string of the molecule is COC(=O)c1cc(F)ccc1NC(C)c1cccc(Br)c1. The molecule has 0 aliphatic heterocycles. The van der Waals surface area contributed by atoms with E-state index >= 15 is 0 Å². The zero-order chi connectivity index (χ0) is 15.4. The molecule has 0 bridgehead atoms. The number of rotatable bonds is 4. The smallest absolute Gasteiger partial charge is 0.340 e. The lowest BCUT2D eigenvalue weighted by molar-refractivity contribution is 0.0601. The lowest BCUT2D eigenvalue weighted by Gasteiger charge is -2.18. The van der Waals surface area contributed by atoms with Gasteiger partial charge in [0.05, 0.1) is 12.7 Å². The van der Waals surface area contributed by atoms with E-state index in [-0.39, 0.29) is 11.6 Å². The van der Waals surface area contributed by atoms with Gasteiger partial charge in [0.25, 0.3) is 0 Å². The van der Waals surface area contributed by atoms with Gasteiger partial charge in [-0.15, -0.1) is 0 Å². The highest BCUT2D eigenvalue weighted by Gasteiger charge is 2.15. The summed E-state index contributed by atoms with van der Waals surface area (Å²) in [5, 5.41) is 3.21. The third kappa shape index (κ3) is 3.82. The van der Waals surface area contributed by atoms with Gasteiger partial charge in [-0.3, -0.25) is 0 Å². The maximum Gasteiger partial charge on any atom is 0.340 e. The Morgan fingerprint density at radius 3 is 2.71 bits per heavy atom. The first-order valence-electron chi connectivity index (χ1n) is 6.41. The van der Waals surface area contributed by atoms with Crippen LogP contribution in [0.25, 0.3) is 0 Å². The maximum atomic E-state index is 13.3. The summed E-state index contributed by atoms with van der Waals surface area (Å²) in [7, 11) is 1.27. The molecule has 21 heavy (non-hydrogen) atoms. The Labute approximate surface area is 131 Å². The van der Waals surface area contributed by atoms with E-state index in [1.165, 1.54) is 25.3 Å². The molecule has 0 aliphatic carbocycles. The molecule has 1 N–H and O–H groups in total. The van der Waals surface area contributed by atoms with Gasteiger partial charge in [0.15, 0.2) is 0 Å².